The standard InChI is InChI=1S/C19H28N4O3/c1-2-8-20-9-5-12-21(14-13-20)16-6-7-18(23(25)26)17(15-16)19(24)22-10-3-4-11-22/h6-7,15H,2-5,8-14H2,1H3. The fraction of sp³-hybridized carbons (Fsp3) is 0.632. The zero-order valence-electron chi connectivity index (χ0n) is 15.5. The lowest BCUT2D eigenvalue weighted by Crippen LogP contribution is -2.32. The highest BCUT2D eigenvalue weighted by molar-refractivity contribution is 5.99. The summed E-state index contributed by atoms with van der Waals surface area (Å²) in [4.78, 5) is 30.2. The first-order chi connectivity index (χ1) is 12.6. The summed E-state index contributed by atoms with van der Waals surface area (Å²) in [7, 11) is 0. The van der Waals surface area contributed by atoms with Gasteiger partial charge in [-0.2, -0.15) is 0 Å². The van der Waals surface area contributed by atoms with Gasteiger partial charge in [0, 0.05) is 44.5 Å². The third-order valence-corrected chi connectivity index (χ3v) is 5.29. The summed E-state index contributed by atoms with van der Waals surface area (Å²) in [6.07, 6.45) is 4.15. The molecule has 0 atom stereocenters. The van der Waals surface area contributed by atoms with Crippen molar-refractivity contribution in [3.8, 4) is 0 Å². The maximum atomic E-state index is 12.8. The van der Waals surface area contributed by atoms with Crippen molar-refractivity contribution in [2.45, 2.75) is 32.6 Å². The summed E-state index contributed by atoms with van der Waals surface area (Å²) in [5, 5.41) is 11.4. The Bertz CT molecular complexity index is 658. The van der Waals surface area contributed by atoms with E-state index in [9.17, 15) is 14.9 Å². The van der Waals surface area contributed by atoms with E-state index < -0.39 is 4.92 Å². The van der Waals surface area contributed by atoms with Crippen LogP contribution in [0.2, 0.25) is 0 Å². The molecule has 0 aliphatic carbocycles. The summed E-state index contributed by atoms with van der Waals surface area (Å²) < 4.78 is 0. The number of anilines is 1. The Morgan fingerprint density at radius 3 is 2.54 bits per heavy atom. The number of likely N-dealkylation sites (tertiary alicyclic amines) is 1. The van der Waals surface area contributed by atoms with Gasteiger partial charge in [0.25, 0.3) is 11.6 Å². The Labute approximate surface area is 154 Å². The first-order valence-corrected chi connectivity index (χ1v) is 9.65. The number of nitro groups is 1. The number of nitrogens with zero attached hydrogens (tertiary/aromatic N) is 4. The molecule has 7 nitrogen and oxygen atoms in total. The fourth-order valence-corrected chi connectivity index (χ4v) is 3.91. The second kappa shape index (κ2) is 8.49. The highest BCUT2D eigenvalue weighted by atomic mass is 16.6. The number of rotatable bonds is 5. The summed E-state index contributed by atoms with van der Waals surface area (Å²) in [6, 6.07) is 5.01. The van der Waals surface area contributed by atoms with Crippen LogP contribution in [0.3, 0.4) is 0 Å². The monoisotopic (exact) mass is 360 g/mol. The molecule has 26 heavy (non-hydrogen) atoms. The Morgan fingerprint density at radius 2 is 1.85 bits per heavy atom. The highest BCUT2D eigenvalue weighted by Gasteiger charge is 2.28. The van der Waals surface area contributed by atoms with Crippen molar-refractivity contribution in [1.29, 1.82) is 0 Å². The van der Waals surface area contributed by atoms with Crippen LogP contribution in [0, 0.1) is 10.1 Å². The molecule has 0 N–H and O–H groups in total. The van der Waals surface area contributed by atoms with Crippen LogP contribution in [-0.2, 0) is 0 Å². The van der Waals surface area contributed by atoms with E-state index in [2.05, 4.69) is 16.7 Å². The Hall–Kier alpha value is -2.15. The van der Waals surface area contributed by atoms with E-state index in [1.807, 2.05) is 0 Å². The van der Waals surface area contributed by atoms with Gasteiger partial charge in [-0.25, -0.2) is 0 Å². The Balaban J connectivity index is 1.83. The number of carbonyl (C=O) groups is 1. The van der Waals surface area contributed by atoms with Crippen molar-refractivity contribution in [1.82, 2.24) is 9.80 Å². The molecule has 2 aliphatic heterocycles. The molecule has 2 saturated heterocycles. The van der Waals surface area contributed by atoms with Crippen molar-refractivity contribution < 1.29 is 9.72 Å². The van der Waals surface area contributed by atoms with Crippen LogP contribution in [0.1, 0.15) is 43.0 Å². The molecular weight excluding hydrogens is 332 g/mol. The highest BCUT2D eigenvalue weighted by Crippen LogP contribution is 2.28. The number of benzene rings is 1. The molecule has 0 bridgehead atoms. The molecule has 1 amide bonds. The molecular formula is C19H28N4O3. The van der Waals surface area contributed by atoms with E-state index in [0.29, 0.717) is 13.1 Å². The second-order valence-electron chi connectivity index (χ2n) is 7.14. The number of amides is 1. The van der Waals surface area contributed by atoms with Crippen LogP contribution in [0.5, 0.6) is 0 Å². The molecule has 2 fully saturated rings. The molecule has 7 heteroatoms. The molecule has 0 aromatic heterocycles. The topological polar surface area (TPSA) is 69.9 Å². The van der Waals surface area contributed by atoms with Crippen LogP contribution in [0.15, 0.2) is 18.2 Å². The SMILES string of the molecule is CCCN1CCCN(c2ccc([N+](=O)[O-])c(C(=O)N3CCCC3)c2)CC1. The van der Waals surface area contributed by atoms with Gasteiger partial charge < -0.3 is 14.7 Å². The number of hydrogen-bond donors (Lipinski definition) is 0. The van der Waals surface area contributed by atoms with Gasteiger partial charge >= 0.3 is 0 Å². The van der Waals surface area contributed by atoms with Crippen molar-refractivity contribution in [3.63, 3.8) is 0 Å². The van der Waals surface area contributed by atoms with E-state index in [1.54, 1.807) is 17.0 Å². The average Bonchev–Trinajstić information content (AvgIpc) is 3.08. The molecule has 0 radical (unpaired) electrons. The first kappa shape index (κ1) is 18.6. The number of nitro benzene ring substituents is 1. The maximum absolute atomic E-state index is 12.8. The maximum Gasteiger partial charge on any atom is 0.282 e. The zero-order chi connectivity index (χ0) is 18.5. The number of carbonyl (C=O) groups excluding carboxylic acids is 1. The van der Waals surface area contributed by atoms with Gasteiger partial charge in [-0.15, -0.1) is 0 Å². The van der Waals surface area contributed by atoms with E-state index in [1.165, 1.54) is 6.07 Å². The van der Waals surface area contributed by atoms with Gasteiger partial charge in [-0.1, -0.05) is 6.92 Å². The largest absolute Gasteiger partial charge is 0.370 e. The average molecular weight is 360 g/mol. The first-order valence-electron chi connectivity index (χ1n) is 9.65. The quantitative estimate of drug-likeness (QED) is 0.596. The van der Waals surface area contributed by atoms with Gasteiger partial charge in [0.1, 0.15) is 5.56 Å². The van der Waals surface area contributed by atoms with Gasteiger partial charge in [-0.05, 0) is 50.9 Å². The van der Waals surface area contributed by atoms with E-state index in [0.717, 1.165) is 64.1 Å². The molecule has 0 saturated carbocycles. The third kappa shape index (κ3) is 4.15. The lowest BCUT2D eigenvalue weighted by Gasteiger charge is -2.24. The molecule has 0 spiro atoms. The molecule has 3 rings (SSSR count). The van der Waals surface area contributed by atoms with Gasteiger partial charge in [0.15, 0.2) is 0 Å². The fourth-order valence-electron chi connectivity index (χ4n) is 3.91. The lowest BCUT2D eigenvalue weighted by molar-refractivity contribution is -0.385. The minimum absolute atomic E-state index is 0.0897. The summed E-state index contributed by atoms with van der Waals surface area (Å²) in [5.41, 5.74) is 1.05. The van der Waals surface area contributed by atoms with E-state index in [4.69, 9.17) is 0 Å². The van der Waals surface area contributed by atoms with E-state index >= 15 is 0 Å². The van der Waals surface area contributed by atoms with Gasteiger partial charge in [0.2, 0.25) is 0 Å². The minimum atomic E-state index is -0.446. The predicted octanol–water partition coefficient (Wildman–Crippen LogP) is 2.75. The molecule has 142 valence electrons. The lowest BCUT2D eigenvalue weighted by atomic mass is 10.1. The summed E-state index contributed by atoms with van der Waals surface area (Å²) in [6.45, 7) is 8.54. The van der Waals surface area contributed by atoms with Crippen molar-refractivity contribution in [2.75, 3.05) is 50.7 Å². The molecule has 2 heterocycles. The third-order valence-electron chi connectivity index (χ3n) is 5.29. The summed E-state index contributed by atoms with van der Waals surface area (Å²) >= 11 is 0. The van der Waals surface area contributed by atoms with Crippen LogP contribution in [-0.4, -0.2) is 66.4 Å². The van der Waals surface area contributed by atoms with Crippen LogP contribution < -0.4 is 4.90 Å². The van der Waals surface area contributed by atoms with Gasteiger partial charge in [0.05, 0.1) is 4.92 Å². The molecule has 0 unspecified atom stereocenters. The number of hydrogen-bond acceptors (Lipinski definition) is 5. The van der Waals surface area contributed by atoms with Crippen LogP contribution >= 0.6 is 0 Å². The van der Waals surface area contributed by atoms with Crippen LogP contribution in [0.25, 0.3) is 0 Å². The predicted molar refractivity (Wildman–Crippen MR) is 102 cm³/mol. The van der Waals surface area contributed by atoms with Crippen molar-refractivity contribution >= 4 is 17.3 Å². The van der Waals surface area contributed by atoms with Crippen LogP contribution in [0.4, 0.5) is 11.4 Å². The minimum Gasteiger partial charge on any atom is -0.370 e. The second-order valence-corrected chi connectivity index (χ2v) is 7.14. The molecule has 2 aliphatic rings. The molecule has 1 aromatic rings. The van der Waals surface area contributed by atoms with Crippen molar-refractivity contribution in [2.24, 2.45) is 0 Å². The van der Waals surface area contributed by atoms with Gasteiger partial charge in [-0.3, -0.25) is 14.9 Å². The Kier molecular flexibility index (Phi) is 6.08. The van der Waals surface area contributed by atoms with Crippen molar-refractivity contribution in [3.05, 3.63) is 33.9 Å². The normalized spacial score (nSPS) is 18.8. The molecule has 1 aromatic carbocycles. The smallest absolute Gasteiger partial charge is 0.282 e. The zero-order valence-corrected chi connectivity index (χ0v) is 15.5. The summed E-state index contributed by atoms with van der Waals surface area (Å²) in [5.74, 6) is -0.210. The Morgan fingerprint density at radius 1 is 1.08 bits per heavy atom. The van der Waals surface area contributed by atoms with E-state index in [-0.39, 0.29) is 17.2 Å².